The summed E-state index contributed by atoms with van der Waals surface area (Å²) in [6.07, 6.45) is 0. The number of hydrogen-bond donors (Lipinski definition) is 0. The van der Waals surface area contributed by atoms with Gasteiger partial charge in [-0.2, -0.15) is 0 Å². The van der Waals surface area contributed by atoms with Crippen molar-refractivity contribution in [3.63, 3.8) is 0 Å². The molecule has 0 aliphatic heterocycles. The topological polar surface area (TPSA) is 0 Å². The van der Waals surface area contributed by atoms with Crippen LogP contribution < -0.4 is 0 Å². The van der Waals surface area contributed by atoms with E-state index in [0.29, 0.717) is 0 Å². The molecular weight excluding hydrogens is 404 g/mol. The first-order valence-corrected chi connectivity index (χ1v) is 7.26. The zero-order chi connectivity index (χ0) is 15.0. The third-order valence-corrected chi connectivity index (χ3v) is 4.44. The molecule has 0 nitrogen and oxygen atoms in total. The zero-order valence-corrected chi connectivity index (χ0v) is 13.3. The molecule has 0 amide bonds. The molecule has 0 aromatic heterocycles. The van der Waals surface area contributed by atoms with Gasteiger partial charge in [0.2, 0.25) is 0 Å². The Morgan fingerprint density at radius 1 is 0.950 bits per heavy atom. The molecule has 0 saturated heterocycles. The summed E-state index contributed by atoms with van der Waals surface area (Å²) in [7, 11) is 0. The van der Waals surface area contributed by atoms with E-state index < -0.39 is 28.1 Å². The van der Waals surface area contributed by atoms with Crippen LogP contribution in [0.25, 0.3) is 0 Å². The van der Waals surface area contributed by atoms with Crippen molar-refractivity contribution in [1.29, 1.82) is 0 Å². The first-order valence-electron chi connectivity index (χ1n) is 5.56. The Kier molecular flexibility index (Phi) is 4.54. The molecule has 106 valence electrons. The summed E-state index contributed by atoms with van der Waals surface area (Å²) in [4.78, 5) is -1.12. The Balaban J connectivity index is 2.60. The molecule has 0 radical (unpaired) electrons. The molecule has 20 heavy (non-hydrogen) atoms. The van der Waals surface area contributed by atoms with Gasteiger partial charge < -0.3 is 0 Å². The molecule has 0 bridgehead atoms. The summed E-state index contributed by atoms with van der Waals surface area (Å²) in [5.41, 5.74) is -0.288. The van der Waals surface area contributed by atoms with E-state index >= 15 is 0 Å². The van der Waals surface area contributed by atoms with Gasteiger partial charge in [0.1, 0.15) is 23.3 Å². The first-order chi connectivity index (χ1) is 9.32. The normalized spacial score (nSPS) is 12.6. The van der Waals surface area contributed by atoms with Gasteiger partial charge in [0, 0.05) is 11.1 Å². The van der Waals surface area contributed by atoms with Crippen LogP contribution in [0.1, 0.15) is 21.5 Å². The number of halogens is 6. The minimum atomic E-state index is -1.12. The molecular formula is C14H8Br2F4. The van der Waals surface area contributed by atoms with Crippen LogP contribution in [-0.2, 0) is 0 Å². The summed E-state index contributed by atoms with van der Waals surface area (Å²) >= 11 is 5.89. The molecule has 0 N–H and O–H groups in total. The number of aryl methyl sites for hydroxylation is 1. The molecule has 0 heterocycles. The predicted octanol–water partition coefficient (Wildman–Crippen LogP) is 5.80. The van der Waals surface area contributed by atoms with Crippen LogP contribution in [0.4, 0.5) is 17.6 Å². The van der Waals surface area contributed by atoms with E-state index in [2.05, 4.69) is 31.9 Å². The summed E-state index contributed by atoms with van der Waals surface area (Å²) in [6.45, 7) is 1.47. The molecule has 0 saturated carbocycles. The molecule has 1 atom stereocenters. The van der Waals surface area contributed by atoms with Crippen molar-refractivity contribution in [2.45, 2.75) is 11.8 Å². The maximum Gasteiger partial charge on any atom is 0.137 e. The number of alkyl halides is 1. The minimum absolute atomic E-state index is 0.0522. The zero-order valence-electron chi connectivity index (χ0n) is 10.2. The average Bonchev–Trinajstić information content (AvgIpc) is 2.38. The standard InChI is InChI=1S/C14H8Br2F4/c1-6-2-3-9(17)12(14(6)20)13(16)7-4-11(19)8(15)5-10(7)18/h2-5,13H,1H3. The molecule has 0 aliphatic carbocycles. The molecule has 0 fully saturated rings. The lowest BCUT2D eigenvalue weighted by molar-refractivity contribution is 0.546. The highest BCUT2D eigenvalue weighted by Gasteiger charge is 2.24. The Hall–Kier alpha value is -0.880. The highest BCUT2D eigenvalue weighted by atomic mass is 79.9. The second-order valence-corrected chi connectivity index (χ2v) is 6.01. The molecule has 2 aromatic rings. The van der Waals surface area contributed by atoms with Crippen molar-refractivity contribution in [2.75, 3.05) is 0 Å². The first kappa shape index (κ1) is 15.5. The molecule has 0 aliphatic rings. The van der Waals surface area contributed by atoms with Gasteiger partial charge in [-0.05, 0) is 46.6 Å². The van der Waals surface area contributed by atoms with E-state index in [1.165, 1.54) is 13.0 Å². The Labute approximate surface area is 130 Å². The number of hydrogen-bond acceptors (Lipinski definition) is 0. The van der Waals surface area contributed by atoms with Gasteiger partial charge in [0.25, 0.3) is 0 Å². The summed E-state index contributed by atoms with van der Waals surface area (Å²) in [5.74, 6) is -3.08. The number of rotatable bonds is 2. The van der Waals surface area contributed by atoms with Crippen LogP contribution in [0.5, 0.6) is 0 Å². The molecule has 2 rings (SSSR count). The highest BCUT2D eigenvalue weighted by molar-refractivity contribution is 9.10. The van der Waals surface area contributed by atoms with Crippen molar-refractivity contribution in [2.24, 2.45) is 0 Å². The molecule has 0 spiro atoms. The van der Waals surface area contributed by atoms with Crippen LogP contribution in [-0.4, -0.2) is 0 Å². The van der Waals surface area contributed by atoms with Gasteiger partial charge in [-0.1, -0.05) is 22.0 Å². The third-order valence-electron chi connectivity index (χ3n) is 2.89. The second-order valence-electron chi connectivity index (χ2n) is 4.24. The fourth-order valence-electron chi connectivity index (χ4n) is 1.80. The van der Waals surface area contributed by atoms with Crippen LogP contribution in [0.15, 0.2) is 28.7 Å². The van der Waals surface area contributed by atoms with Gasteiger partial charge in [-0.25, -0.2) is 17.6 Å². The van der Waals surface area contributed by atoms with E-state index in [1.54, 1.807) is 0 Å². The van der Waals surface area contributed by atoms with Gasteiger partial charge in [0.15, 0.2) is 0 Å². The van der Waals surface area contributed by atoms with Crippen LogP contribution in [0.2, 0.25) is 0 Å². The Morgan fingerprint density at radius 2 is 1.60 bits per heavy atom. The fourth-order valence-corrected chi connectivity index (χ4v) is 2.88. The number of benzene rings is 2. The lowest BCUT2D eigenvalue weighted by Crippen LogP contribution is -2.05. The lowest BCUT2D eigenvalue weighted by atomic mass is 10.0. The smallest absolute Gasteiger partial charge is 0.137 e. The maximum atomic E-state index is 14.0. The van der Waals surface area contributed by atoms with E-state index in [0.717, 1.165) is 18.2 Å². The van der Waals surface area contributed by atoms with Crippen molar-refractivity contribution in [3.05, 3.63) is 68.7 Å². The Morgan fingerprint density at radius 3 is 2.25 bits per heavy atom. The van der Waals surface area contributed by atoms with Gasteiger partial charge >= 0.3 is 0 Å². The molecule has 2 aromatic carbocycles. The Bertz CT molecular complexity index is 671. The van der Waals surface area contributed by atoms with Crippen molar-refractivity contribution in [3.8, 4) is 0 Å². The van der Waals surface area contributed by atoms with Gasteiger partial charge in [0.05, 0.1) is 9.30 Å². The van der Waals surface area contributed by atoms with Crippen LogP contribution in [0.3, 0.4) is 0 Å². The monoisotopic (exact) mass is 410 g/mol. The van der Waals surface area contributed by atoms with E-state index in [-0.39, 0.29) is 21.2 Å². The second kappa shape index (κ2) is 5.85. The van der Waals surface area contributed by atoms with E-state index in [1.807, 2.05) is 0 Å². The third kappa shape index (κ3) is 2.76. The predicted molar refractivity (Wildman–Crippen MR) is 75.9 cm³/mol. The van der Waals surface area contributed by atoms with Gasteiger partial charge in [-0.3, -0.25) is 0 Å². The van der Waals surface area contributed by atoms with E-state index in [4.69, 9.17) is 0 Å². The van der Waals surface area contributed by atoms with Crippen molar-refractivity contribution >= 4 is 31.9 Å². The van der Waals surface area contributed by atoms with Crippen LogP contribution in [0, 0.1) is 30.2 Å². The quantitative estimate of drug-likeness (QED) is 0.333. The molecule has 6 heteroatoms. The van der Waals surface area contributed by atoms with Crippen LogP contribution >= 0.6 is 31.9 Å². The average molecular weight is 412 g/mol. The lowest BCUT2D eigenvalue weighted by Gasteiger charge is -2.15. The summed E-state index contributed by atoms with van der Waals surface area (Å²) in [6, 6.07) is 4.20. The summed E-state index contributed by atoms with van der Waals surface area (Å²) in [5, 5.41) is 0. The highest BCUT2D eigenvalue weighted by Crippen LogP contribution is 2.37. The summed E-state index contributed by atoms with van der Waals surface area (Å²) < 4.78 is 55.1. The fraction of sp³-hybridized carbons (Fsp3) is 0.143. The largest absolute Gasteiger partial charge is 0.207 e. The van der Waals surface area contributed by atoms with E-state index in [9.17, 15) is 17.6 Å². The maximum absolute atomic E-state index is 14.0. The van der Waals surface area contributed by atoms with Crippen molar-refractivity contribution in [1.82, 2.24) is 0 Å². The van der Waals surface area contributed by atoms with Gasteiger partial charge in [-0.15, -0.1) is 0 Å². The minimum Gasteiger partial charge on any atom is -0.207 e. The SMILES string of the molecule is Cc1ccc(F)c(C(Br)c2cc(F)c(Br)cc2F)c1F. The molecule has 1 unspecified atom stereocenters. The van der Waals surface area contributed by atoms with Crippen molar-refractivity contribution < 1.29 is 17.6 Å².